The van der Waals surface area contributed by atoms with Gasteiger partial charge in [-0.2, -0.15) is 4.99 Å². The van der Waals surface area contributed by atoms with Crippen LogP contribution in [-0.2, 0) is 14.4 Å². The third-order valence-corrected chi connectivity index (χ3v) is 7.40. The molecule has 0 heterocycles. The molecule has 2 saturated carbocycles. The molecule has 0 amide bonds. The Labute approximate surface area is 174 Å². The lowest BCUT2D eigenvalue weighted by Gasteiger charge is -2.38. The molecule has 0 aromatic heterocycles. The largest absolute Gasteiger partial charge is 0.235 e. The molecule has 0 radical (unpaired) electrons. The fourth-order valence-electron chi connectivity index (χ4n) is 5.91. The van der Waals surface area contributed by atoms with E-state index >= 15 is 0 Å². The van der Waals surface area contributed by atoms with Crippen LogP contribution in [0.3, 0.4) is 0 Å². The second-order valence-electron chi connectivity index (χ2n) is 9.26. The van der Waals surface area contributed by atoms with E-state index in [4.69, 9.17) is 0 Å². The van der Waals surface area contributed by atoms with Gasteiger partial charge in [0.25, 0.3) is 0 Å². The molecular formula is C23H35N3O3. The van der Waals surface area contributed by atoms with Crippen LogP contribution >= 0.6 is 0 Å². The first kappa shape index (κ1) is 23.4. The van der Waals surface area contributed by atoms with Crippen molar-refractivity contribution in [2.45, 2.75) is 95.9 Å². The topological polar surface area (TPSA) is 88.3 Å². The Morgan fingerprint density at radius 3 is 2.24 bits per heavy atom. The highest BCUT2D eigenvalue weighted by Gasteiger charge is 2.49. The summed E-state index contributed by atoms with van der Waals surface area (Å²) < 4.78 is 0. The molecule has 0 N–H and O–H groups in total. The summed E-state index contributed by atoms with van der Waals surface area (Å²) in [5, 5.41) is 0. The number of rotatable bonds is 15. The van der Waals surface area contributed by atoms with Gasteiger partial charge in [0.2, 0.25) is 18.2 Å². The third-order valence-electron chi connectivity index (χ3n) is 7.40. The first-order chi connectivity index (χ1) is 14.1. The van der Waals surface area contributed by atoms with Gasteiger partial charge in [0.05, 0.1) is 18.6 Å². The summed E-state index contributed by atoms with van der Waals surface area (Å²) in [6.45, 7) is 3.14. The van der Waals surface area contributed by atoms with Gasteiger partial charge >= 0.3 is 0 Å². The number of hydrogen-bond acceptors (Lipinski definition) is 6. The van der Waals surface area contributed by atoms with Crippen LogP contribution in [-0.4, -0.2) is 36.9 Å². The Bertz CT molecular complexity index is 652. The highest BCUT2D eigenvalue weighted by Crippen LogP contribution is 2.58. The lowest BCUT2D eigenvalue weighted by molar-refractivity contribution is 0.173. The SMILES string of the molecule is CCC(CCCC(CCCN=C=O)(CC12CCC(CC1)C2)N=C=O)CCN=C=O. The second kappa shape index (κ2) is 12.0. The maximum Gasteiger partial charge on any atom is 0.235 e. The van der Waals surface area contributed by atoms with Crippen molar-refractivity contribution in [2.75, 3.05) is 13.1 Å². The molecule has 0 spiro atoms. The highest BCUT2D eigenvalue weighted by atomic mass is 16.1. The zero-order chi connectivity index (χ0) is 21.0. The molecule has 6 nitrogen and oxygen atoms in total. The van der Waals surface area contributed by atoms with Crippen molar-refractivity contribution in [3.63, 3.8) is 0 Å². The molecule has 29 heavy (non-hydrogen) atoms. The van der Waals surface area contributed by atoms with E-state index in [2.05, 4.69) is 21.9 Å². The molecule has 2 fully saturated rings. The van der Waals surface area contributed by atoms with Crippen molar-refractivity contribution >= 4 is 18.2 Å². The van der Waals surface area contributed by atoms with Crippen molar-refractivity contribution in [3.8, 4) is 0 Å². The average Bonchev–Trinajstić information content (AvgIpc) is 3.31. The van der Waals surface area contributed by atoms with E-state index in [-0.39, 0.29) is 0 Å². The smallest absolute Gasteiger partial charge is 0.211 e. The Morgan fingerprint density at radius 1 is 0.966 bits per heavy atom. The van der Waals surface area contributed by atoms with Crippen LogP contribution in [0.1, 0.15) is 90.4 Å². The van der Waals surface area contributed by atoms with Gasteiger partial charge in [0.15, 0.2) is 0 Å². The number of aliphatic imine (C=N–C) groups is 3. The molecular weight excluding hydrogens is 366 g/mol. The van der Waals surface area contributed by atoms with Crippen LogP contribution in [0.15, 0.2) is 15.0 Å². The molecule has 2 unspecified atom stereocenters. The molecule has 2 aliphatic rings. The zero-order valence-corrected chi connectivity index (χ0v) is 17.8. The van der Waals surface area contributed by atoms with Crippen molar-refractivity contribution in [1.29, 1.82) is 0 Å². The Hall–Kier alpha value is -1.86. The van der Waals surface area contributed by atoms with Gasteiger partial charge in [-0.15, -0.1) is 0 Å². The summed E-state index contributed by atoms with van der Waals surface area (Å²) in [4.78, 5) is 43.9. The van der Waals surface area contributed by atoms with E-state index in [1.165, 1.54) is 32.1 Å². The molecule has 0 aromatic rings. The van der Waals surface area contributed by atoms with E-state index in [1.54, 1.807) is 12.2 Å². The minimum absolute atomic E-state index is 0.335. The van der Waals surface area contributed by atoms with Gasteiger partial charge in [0.1, 0.15) is 0 Å². The van der Waals surface area contributed by atoms with Crippen LogP contribution in [0.2, 0.25) is 0 Å². The number of fused-ring (bicyclic) bond motifs is 2. The number of hydrogen-bond donors (Lipinski definition) is 0. The van der Waals surface area contributed by atoms with Gasteiger partial charge < -0.3 is 0 Å². The molecule has 0 aliphatic heterocycles. The van der Waals surface area contributed by atoms with Crippen molar-refractivity contribution in [3.05, 3.63) is 0 Å². The second-order valence-corrected chi connectivity index (χ2v) is 9.26. The first-order valence-electron chi connectivity index (χ1n) is 11.3. The van der Waals surface area contributed by atoms with E-state index in [1.807, 2.05) is 6.08 Å². The van der Waals surface area contributed by atoms with Gasteiger partial charge in [-0.05, 0) is 81.5 Å². The summed E-state index contributed by atoms with van der Waals surface area (Å²) >= 11 is 0. The summed E-state index contributed by atoms with van der Waals surface area (Å²) in [6.07, 6.45) is 18.8. The van der Waals surface area contributed by atoms with Crippen molar-refractivity contribution in [1.82, 2.24) is 0 Å². The Morgan fingerprint density at radius 2 is 1.66 bits per heavy atom. The molecule has 2 aliphatic carbocycles. The van der Waals surface area contributed by atoms with Gasteiger partial charge in [-0.1, -0.05) is 26.2 Å². The van der Waals surface area contributed by atoms with Crippen LogP contribution in [0.25, 0.3) is 0 Å². The molecule has 0 saturated heterocycles. The normalized spacial score (nSPS) is 25.3. The average molecular weight is 402 g/mol. The van der Waals surface area contributed by atoms with E-state index in [0.717, 1.165) is 57.3 Å². The summed E-state index contributed by atoms with van der Waals surface area (Å²) in [5.74, 6) is 1.38. The fraction of sp³-hybridized carbons (Fsp3) is 0.870. The Balaban J connectivity index is 2.04. The van der Waals surface area contributed by atoms with E-state index < -0.39 is 5.54 Å². The van der Waals surface area contributed by atoms with Crippen LogP contribution in [0.4, 0.5) is 0 Å². The standard InChI is InChI=1S/C23H35N3O3/c1-2-20(8-14-25-18-28)5-3-9-23(26-19-29,10-4-13-24-17-27)16-22-11-6-21(15-22)7-12-22/h20-21H,2-16H2,1H3. The maximum absolute atomic E-state index is 11.4. The van der Waals surface area contributed by atoms with Crippen LogP contribution in [0, 0.1) is 17.3 Å². The number of nitrogens with zero attached hydrogens (tertiary/aromatic N) is 3. The van der Waals surface area contributed by atoms with Gasteiger partial charge in [-0.3, -0.25) is 0 Å². The predicted octanol–water partition coefficient (Wildman–Crippen LogP) is 5.07. The first-order valence-corrected chi connectivity index (χ1v) is 11.3. The van der Waals surface area contributed by atoms with Crippen LogP contribution in [0.5, 0.6) is 0 Å². The lowest BCUT2D eigenvalue weighted by atomic mass is 9.70. The maximum atomic E-state index is 11.4. The Kier molecular flexibility index (Phi) is 9.67. The quantitative estimate of drug-likeness (QED) is 0.218. The summed E-state index contributed by atoms with van der Waals surface area (Å²) in [7, 11) is 0. The fourth-order valence-corrected chi connectivity index (χ4v) is 5.91. The molecule has 0 aromatic carbocycles. The third kappa shape index (κ3) is 7.16. The lowest BCUT2D eigenvalue weighted by Crippen LogP contribution is -2.34. The monoisotopic (exact) mass is 401 g/mol. The van der Waals surface area contributed by atoms with Crippen molar-refractivity contribution < 1.29 is 14.4 Å². The number of isocyanates is 3. The van der Waals surface area contributed by atoms with Gasteiger partial charge in [-0.25, -0.2) is 24.4 Å². The molecule has 2 rings (SSSR count). The molecule has 2 bridgehead atoms. The highest BCUT2D eigenvalue weighted by molar-refractivity contribution is 5.35. The summed E-state index contributed by atoms with van der Waals surface area (Å²) in [6, 6.07) is 0. The van der Waals surface area contributed by atoms with E-state index in [0.29, 0.717) is 24.4 Å². The summed E-state index contributed by atoms with van der Waals surface area (Å²) in [5.41, 5.74) is -0.0552. The van der Waals surface area contributed by atoms with Gasteiger partial charge in [0, 0.05) is 0 Å². The molecule has 160 valence electrons. The molecule has 6 heteroatoms. The minimum Gasteiger partial charge on any atom is -0.211 e. The van der Waals surface area contributed by atoms with E-state index in [9.17, 15) is 14.4 Å². The van der Waals surface area contributed by atoms with Crippen LogP contribution < -0.4 is 0 Å². The molecule has 2 atom stereocenters. The minimum atomic E-state index is -0.390. The van der Waals surface area contributed by atoms with Crippen molar-refractivity contribution in [2.24, 2.45) is 32.2 Å². The predicted molar refractivity (Wildman–Crippen MR) is 112 cm³/mol. The number of carbonyl (C=O) groups excluding carboxylic acids is 3. The zero-order valence-electron chi connectivity index (χ0n) is 17.8.